The minimum atomic E-state index is -0.770. The van der Waals surface area contributed by atoms with Crippen LogP contribution >= 0.6 is 0 Å². The maximum atomic E-state index is 12.9. The molecule has 480 valence electrons. The number of carbonyl (C=O) groups is 3. The van der Waals surface area contributed by atoms with Crippen molar-refractivity contribution in [1.29, 1.82) is 0 Å². The standard InChI is InChI=1S/C75H144O6/c1-4-7-10-13-16-19-22-24-26-28-30-32-34-35-36-37-38-39-41-42-44-46-48-50-53-56-59-62-65-68-74(77)80-71-72(70-79-73(76)67-64-61-58-55-52-21-18-15-12-9-6-3)81-75(78)69-66-63-60-57-54-51-49-47-45-43-40-33-31-29-27-25-23-20-17-14-11-8-5-2/h15,18,72H,4-14,16-17,19-71H2,1-3H3/b18-15-. The first kappa shape index (κ1) is 79.2. The van der Waals surface area contributed by atoms with Crippen LogP contribution in [0, 0.1) is 0 Å². The fourth-order valence-corrected chi connectivity index (χ4v) is 11.7. The van der Waals surface area contributed by atoms with E-state index in [0.29, 0.717) is 19.3 Å². The van der Waals surface area contributed by atoms with E-state index in [1.807, 2.05) is 0 Å². The monoisotopic (exact) mass is 1140 g/mol. The molecule has 0 radical (unpaired) electrons. The fourth-order valence-electron chi connectivity index (χ4n) is 11.7. The molecule has 0 N–H and O–H groups in total. The van der Waals surface area contributed by atoms with Crippen molar-refractivity contribution < 1.29 is 28.6 Å². The molecule has 0 amide bonds. The Labute approximate surface area is 507 Å². The minimum absolute atomic E-state index is 0.0658. The van der Waals surface area contributed by atoms with Gasteiger partial charge in [0.1, 0.15) is 13.2 Å². The van der Waals surface area contributed by atoms with E-state index in [4.69, 9.17) is 14.2 Å². The second-order valence-electron chi connectivity index (χ2n) is 25.6. The number of esters is 3. The van der Waals surface area contributed by atoms with E-state index < -0.39 is 6.10 Å². The van der Waals surface area contributed by atoms with E-state index in [0.717, 1.165) is 64.2 Å². The summed E-state index contributed by atoms with van der Waals surface area (Å²) in [5.41, 5.74) is 0. The quantitative estimate of drug-likeness (QED) is 0.0261. The number of hydrogen-bond acceptors (Lipinski definition) is 6. The first-order valence-electron chi connectivity index (χ1n) is 37.2. The Hall–Kier alpha value is -1.85. The predicted molar refractivity (Wildman–Crippen MR) is 353 cm³/mol. The summed E-state index contributed by atoms with van der Waals surface area (Å²) in [7, 11) is 0. The Balaban J connectivity index is 4.10. The highest BCUT2D eigenvalue weighted by Gasteiger charge is 2.20. The summed E-state index contributed by atoms with van der Waals surface area (Å²) in [5.74, 6) is -0.840. The average molecular weight is 1140 g/mol. The smallest absolute Gasteiger partial charge is 0.306 e. The molecule has 0 aromatic heterocycles. The Morgan fingerprint density at radius 1 is 0.235 bits per heavy atom. The molecule has 1 atom stereocenters. The second kappa shape index (κ2) is 70.6. The summed E-state index contributed by atoms with van der Waals surface area (Å²) < 4.78 is 17.0. The molecule has 1 unspecified atom stereocenters. The first-order valence-corrected chi connectivity index (χ1v) is 37.2. The van der Waals surface area contributed by atoms with Crippen molar-refractivity contribution in [3.05, 3.63) is 12.2 Å². The van der Waals surface area contributed by atoms with Crippen molar-refractivity contribution in [3.63, 3.8) is 0 Å². The van der Waals surface area contributed by atoms with Crippen LogP contribution in [0.2, 0.25) is 0 Å². The van der Waals surface area contributed by atoms with Gasteiger partial charge in [-0.15, -0.1) is 0 Å². The van der Waals surface area contributed by atoms with E-state index in [9.17, 15) is 14.4 Å². The first-order chi connectivity index (χ1) is 40.0. The van der Waals surface area contributed by atoms with Gasteiger partial charge in [0.2, 0.25) is 0 Å². The van der Waals surface area contributed by atoms with Gasteiger partial charge in [-0.25, -0.2) is 0 Å². The largest absolute Gasteiger partial charge is 0.462 e. The van der Waals surface area contributed by atoms with E-state index in [2.05, 4.69) is 32.9 Å². The van der Waals surface area contributed by atoms with Crippen LogP contribution in [0.25, 0.3) is 0 Å². The van der Waals surface area contributed by atoms with Crippen LogP contribution < -0.4 is 0 Å². The number of hydrogen-bond donors (Lipinski definition) is 0. The van der Waals surface area contributed by atoms with Crippen LogP contribution in [0.15, 0.2) is 12.2 Å². The highest BCUT2D eigenvalue weighted by Crippen LogP contribution is 2.20. The van der Waals surface area contributed by atoms with Crippen molar-refractivity contribution in [2.24, 2.45) is 0 Å². The molecule has 0 heterocycles. The molecule has 0 rings (SSSR count). The molecule has 0 aromatic rings. The summed E-state index contributed by atoms with van der Waals surface area (Å²) in [6, 6.07) is 0. The SMILES string of the molecule is CCCC/C=C\CCCCCCCC(=O)OCC(COC(=O)CCCCCCCCCCCCCCCCCCCCCCCCCCCCCCC)OC(=O)CCCCCCCCCCCCCCCCCCCCCCCCC. The number of unbranched alkanes of at least 4 members (excludes halogenated alkanes) is 57. The normalized spacial score (nSPS) is 12.0. The Morgan fingerprint density at radius 2 is 0.420 bits per heavy atom. The molecule has 0 aliphatic rings. The molecular formula is C75H144O6. The second-order valence-corrected chi connectivity index (χ2v) is 25.6. The van der Waals surface area contributed by atoms with Crippen LogP contribution in [0.5, 0.6) is 0 Å². The predicted octanol–water partition coefficient (Wildman–Crippen LogP) is 25.6. The highest BCUT2D eigenvalue weighted by molar-refractivity contribution is 5.71. The van der Waals surface area contributed by atoms with Gasteiger partial charge in [-0.1, -0.05) is 386 Å². The lowest BCUT2D eigenvalue weighted by Gasteiger charge is -2.18. The fraction of sp³-hybridized carbons (Fsp3) is 0.933. The molecule has 6 nitrogen and oxygen atoms in total. The lowest BCUT2D eigenvalue weighted by molar-refractivity contribution is -0.167. The maximum Gasteiger partial charge on any atom is 0.306 e. The zero-order valence-corrected chi connectivity index (χ0v) is 55.4. The maximum absolute atomic E-state index is 12.9. The van der Waals surface area contributed by atoms with Gasteiger partial charge in [-0.3, -0.25) is 14.4 Å². The number of carbonyl (C=O) groups excluding carboxylic acids is 3. The Bertz CT molecular complexity index is 1260. The Morgan fingerprint density at radius 3 is 0.654 bits per heavy atom. The summed E-state index contributed by atoms with van der Waals surface area (Å²) >= 11 is 0. The molecule has 0 aliphatic carbocycles. The van der Waals surface area contributed by atoms with E-state index in [1.54, 1.807) is 0 Å². The molecule has 6 heteroatoms. The molecule has 81 heavy (non-hydrogen) atoms. The van der Waals surface area contributed by atoms with Gasteiger partial charge in [-0.05, 0) is 38.5 Å². The molecule has 0 fully saturated rings. The van der Waals surface area contributed by atoms with Gasteiger partial charge in [0, 0.05) is 19.3 Å². The van der Waals surface area contributed by atoms with Crippen molar-refractivity contribution in [1.82, 2.24) is 0 Å². The lowest BCUT2D eigenvalue weighted by atomic mass is 10.0. The zero-order chi connectivity index (χ0) is 58.5. The molecule has 0 saturated heterocycles. The van der Waals surface area contributed by atoms with Crippen molar-refractivity contribution in [2.45, 2.75) is 438 Å². The summed E-state index contributed by atoms with van der Waals surface area (Å²) in [6.07, 6.45) is 85.6. The number of allylic oxidation sites excluding steroid dienone is 2. The van der Waals surface area contributed by atoms with Gasteiger partial charge in [0.25, 0.3) is 0 Å². The minimum Gasteiger partial charge on any atom is -0.462 e. The Kier molecular flexibility index (Phi) is 69.0. The van der Waals surface area contributed by atoms with E-state index in [-0.39, 0.29) is 31.1 Å². The van der Waals surface area contributed by atoms with Gasteiger partial charge < -0.3 is 14.2 Å². The number of rotatable bonds is 70. The van der Waals surface area contributed by atoms with Crippen molar-refractivity contribution in [3.8, 4) is 0 Å². The van der Waals surface area contributed by atoms with Gasteiger partial charge in [-0.2, -0.15) is 0 Å². The third-order valence-corrected chi connectivity index (χ3v) is 17.3. The number of ether oxygens (including phenoxy) is 3. The van der Waals surface area contributed by atoms with E-state index >= 15 is 0 Å². The summed E-state index contributed by atoms with van der Waals surface area (Å²) in [4.78, 5) is 38.4. The summed E-state index contributed by atoms with van der Waals surface area (Å²) in [5, 5.41) is 0. The van der Waals surface area contributed by atoms with Gasteiger partial charge in [0.15, 0.2) is 6.10 Å². The van der Waals surface area contributed by atoms with E-state index in [1.165, 1.54) is 327 Å². The lowest BCUT2D eigenvalue weighted by Crippen LogP contribution is -2.30. The van der Waals surface area contributed by atoms with Crippen LogP contribution in [0.4, 0.5) is 0 Å². The van der Waals surface area contributed by atoms with Crippen LogP contribution in [0.1, 0.15) is 432 Å². The zero-order valence-electron chi connectivity index (χ0n) is 55.4. The average Bonchev–Trinajstić information content (AvgIpc) is 3.47. The molecule has 0 saturated carbocycles. The molecule has 0 aromatic carbocycles. The van der Waals surface area contributed by atoms with Crippen LogP contribution in [-0.4, -0.2) is 37.2 Å². The topological polar surface area (TPSA) is 78.9 Å². The molecular weight excluding hydrogens is 997 g/mol. The highest BCUT2D eigenvalue weighted by atomic mass is 16.6. The third kappa shape index (κ3) is 68.8. The summed E-state index contributed by atoms with van der Waals surface area (Å²) in [6.45, 7) is 6.69. The molecule has 0 aliphatic heterocycles. The van der Waals surface area contributed by atoms with Gasteiger partial charge in [0.05, 0.1) is 0 Å². The van der Waals surface area contributed by atoms with Crippen LogP contribution in [-0.2, 0) is 28.6 Å². The van der Waals surface area contributed by atoms with Crippen molar-refractivity contribution >= 4 is 17.9 Å². The third-order valence-electron chi connectivity index (χ3n) is 17.3. The van der Waals surface area contributed by atoms with Crippen molar-refractivity contribution in [2.75, 3.05) is 13.2 Å². The van der Waals surface area contributed by atoms with Crippen LogP contribution in [0.3, 0.4) is 0 Å². The molecule has 0 bridgehead atoms. The van der Waals surface area contributed by atoms with Gasteiger partial charge >= 0.3 is 17.9 Å². The molecule has 0 spiro atoms.